The van der Waals surface area contributed by atoms with Gasteiger partial charge in [-0.05, 0) is 18.6 Å². The lowest BCUT2D eigenvalue weighted by molar-refractivity contribution is -0.136. The van der Waals surface area contributed by atoms with Gasteiger partial charge >= 0.3 is 5.97 Å². The Morgan fingerprint density at radius 3 is 2.47 bits per heavy atom. The Kier molecular flexibility index (Phi) is 4.11. The van der Waals surface area contributed by atoms with E-state index in [9.17, 15) is 13.2 Å². The summed E-state index contributed by atoms with van der Waals surface area (Å²) in [7, 11) is -2.57. The summed E-state index contributed by atoms with van der Waals surface area (Å²) in [5, 5.41) is 7.47. The predicted octanol–water partition coefficient (Wildman–Crippen LogP) is 1.33. The molecular weight excluding hydrogens is 244 g/mol. The van der Waals surface area contributed by atoms with E-state index in [0.29, 0.717) is 0 Å². The molecule has 0 aliphatic carbocycles. The van der Waals surface area contributed by atoms with Crippen molar-refractivity contribution in [1.29, 1.82) is 0 Å². The zero-order chi connectivity index (χ0) is 13.1. The summed E-state index contributed by atoms with van der Waals surface area (Å²) in [4.78, 5) is 10.8. The fraction of sp³-hybridized carbons (Fsp3) is 0.364. The minimum absolute atomic E-state index is 0.00964. The summed E-state index contributed by atoms with van der Waals surface area (Å²) in [5.74, 6) is -1.19. The first-order chi connectivity index (χ1) is 7.95. The first kappa shape index (κ1) is 13.5. The van der Waals surface area contributed by atoms with E-state index < -0.39 is 21.1 Å². The van der Waals surface area contributed by atoms with E-state index in [1.807, 2.05) is 0 Å². The third kappa shape index (κ3) is 2.58. The van der Waals surface area contributed by atoms with E-state index in [-0.39, 0.29) is 17.1 Å². The summed E-state index contributed by atoms with van der Waals surface area (Å²) < 4.78 is 29.2. The largest absolute Gasteiger partial charge is 0.495 e. The van der Waals surface area contributed by atoms with Crippen LogP contribution in [0.5, 0.6) is 5.75 Å². The maximum Gasteiger partial charge on any atom is 0.322 e. The van der Waals surface area contributed by atoms with Crippen LogP contribution >= 0.6 is 0 Å². The molecule has 1 atom stereocenters. The summed E-state index contributed by atoms with van der Waals surface area (Å²) in [6.07, 6.45) is 0.00964. The highest BCUT2D eigenvalue weighted by Crippen LogP contribution is 2.27. The van der Waals surface area contributed by atoms with Gasteiger partial charge < -0.3 is 9.84 Å². The van der Waals surface area contributed by atoms with Gasteiger partial charge in [0, 0.05) is 0 Å². The summed E-state index contributed by atoms with van der Waals surface area (Å²) in [6, 6.07) is 5.99. The quantitative estimate of drug-likeness (QED) is 0.861. The molecule has 0 fully saturated rings. The van der Waals surface area contributed by atoms with Crippen LogP contribution in [0.3, 0.4) is 0 Å². The molecule has 0 aliphatic rings. The number of benzene rings is 1. The number of para-hydroxylation sites is 1. The van der Waals surface area contributed by atoms with Crippen LogP contribution in [-0.2, 0) is 14.6 Å². The van der Waals surface area contributed by atoms with E-state index in [4.69, 9.17) is 9.84 Å². The number of sulfone groups is 1. The molecule has 0 aromatic heterocycles. The number of carbonyl (C=O) groups is 1. The first-order valence-electron chi connectivity index (χ1n) is 5.04. The number of carboxylic acid groups (broad SMARTS) is 1. The lowest BCUT2D eigenvalue weighted by Gasteiger charge is -2.13. The zero-order valence-corrected chi connectivity index (χ0v) is 10.4. The zero-order valence-electron chi connectivity index (χ0n) is 9.58. The van der Waals surface area contributed by atoms with Crippen LogP contribution in [0.2, 0.25) is 0 Å². The van der Waals surface area contributed by atoms with Gasteiger partial charge in [-0.1, -0.05) is 19.1 Å². The summed E-state index contributed by atoms with van der Waals surface area (Å²) in [6.45, 7) is 1.52. The first-order valence-corrected chi connectivity index (χ1v) is 6.59. The molecule has 0 spiro atoms. The van der Waals surface area contributed by atoms with Crippen molar-refractivity contribution in [3.63, 3.8) is 0 Å². The fourth-order valence-corrected chi connectivity index (χ4v) is 3.24. The third-order valence-electron chi connectivity index (χ3n) is 2.40. The number of methoxy groups -OCH3 is 1. The van der Waals surface area contributed by atoms with Crippen molar-refractivity contribution in [2.45, 2.75) is 23.5 Å². The van der Waals surface area contributed by atoms with Crippen molar-refractivity contribution in [3.05, 3.63) is 24.3 Å². The van der Waals surface area contributed by atoms with Gasteiger partial charge in [-0.3, -0.25) is 4.79 Å². The van der Waals surface area contributed by atoms with Crippen LogP contribution in [-0.4, -0.2) is 31.9 Å². The molecule has 0 saturated heterocycles. The molecule has 0 bridgehead atoms. The van der Waals surface area contributed by atoms with Crippen LogP contribution < -0.4 is 4.74 Å². The molecule has 94 valence electrons. The molecule has 1 aromatic rings. The Bertz CT molecular complexity index is 506. The predicted molar refractivity (Wildman–Crippen MR) is 61.9 cm³/mol. The molecule has 1 unspecified atom stereocenters. The topological polar surface area (TPSA) is 80.7 Å². The molecule has 6 heteroatoms. The van der Waals surface area contributed by atoms with Crippen molar-refractivity contribution in [1.82, 2.24) is 0 Å². The second kappa shape index (κ2) is 5.18. The van der Waals surface area contributed by atoms with Gasteiger partial charge in [0.1, 0.15) is 10.6 Å². The van der Waals surface area contributed by atoms with E-state index in [1.165, 1.54) is 32.2 Å². The van der Waals surface area contributed by atoms with Gasteiger partial charge in [0.05, 0.1) is 7.11 Å². The molecule has 5 nitrogen and oxygen atoms in total. The number of ether oxygens (including phenoxy) is 1. The standard InChI is InChI=1S/C11H14O5S/c1-3-9(11(12)13)17(14,15)10-7-5-4-6-8(10)16-2/h4-7,9H,3H2,1-2H3,(H,12,13). The Balaban J connectivity index is 3.35. The smallest absolute Gasteiger partial charge is 0.322 e. The molecule has 0 radical (unpaired) electrons. The van der Waals surface area contributed by atoms with Gasteiger partial charge in [-0.2, -0.15) is 0 Å². The number of hydrogen-bond donors (Lipinski definition) is 1. The average molecular weight is 258 g/mol. The van der Waals surface area contributed by atoms with Crippen LogP contribution in [0.15, 0.2) is 29.2 Å². The minimum atomic E-state index is -3.92. The SMILES string of the molecule is CCC(C(=O)O)S(=O)(=O)c1ccccc1OC. The number of rotatable bonds is 5. The van der Waals surface area contributed by atoms with E-state index in [0.717, 1.165) is 0 Å². The van der Waals surface area contributed by atoms with E-state index >= 15 is 0 Å². The second-order valence-corrected chi connectivity index (χ2v) is 5.53. The highest BCUT2D eigenvalue weighted by Gasteiger charge is 2.34. The normalized spacial score (nSPS) is 13.1. The molecule has 0 saturated carbocycles. The van der Waals surface area contributed by atoms with Crippen molar-refractivity contribution < 1.29 is 23.1 Å². The average Bonchev–Trinajstić information content (AvgIpc) is 2.29. The molecule has 0 amide bonds. The highest BCUT2D eigenvalue weighted by molar-refractivity contribution is 7.92. The van der Waals surface area contributed by atoms with Gasteiger partial charge in [-0.15, -0.1) is 0 Å². The molecule has 1 aromatic carbocycles. The molecule has 1 N–H and O–H groups in total. The number of aliphatic carboxylic acids is 1. The Labute approximate surface area is 100.0 Å². The maximum atomic E-state index is 12.1. The minimum Gasteiger partial charge on any atom is -0.495 e. The van der Waals surface area contributed by atoms with Crippen LogP contribution in [0.1, 0.15) is 13.3 Å². The lowest BCUT2D eigenvalue weighted by atomic mass is 10.3. The van der Waals surface area contributed by atoms with Crippen LogP contribution in [0.25, 0.3) is 0 Å². The van der Waals surface area contributed by atoms with Gasteiger partial charge in [0.25, 0.3) is 0 Å². The summed E-state index contributed by atoms with van der Waals surface area (Å²) in [5.41, 5.74) is 0. The van der Waals surface area contributed by atoms with Crippen molar-refractivity contribution in [2.75, 3.05) is 7.11 Å². The van der Waals surface area contributed by atoms with Crippen LogP contribution in [0, 0.1) is 0 Å². The lowest BCUT2D eigenvalue weighted by Crippen LogP contribution is -2.29. The fourth-order valence-electron chi connectivity index (χ4n) is 1.53. The number of carboxylic acids is 1. The monoisotopic (exact) mass is 258 g/mol. The molecule has 17 heavy (non-hydrogen) atoms. The van der Waals surface area contributed by atoms with Gasteiger partial charge in [-0.25, -0.2) is 8.42 Å². The third-order valence-corrected chi connectivity index (χ3v) is 4.63. The van der Waals surface area contributed by atoms with E-state index in [2.05, 4.69) is 0 Å². The Hall–Kier alpha value is -1.56. The molecule has 0 aliphatic heterocycles. The van der Waals surface area contributed by atoms with Crippen molar-refractivity contribution in [2.24, 2.45) is 0 Å². The Morgan fingerprint density at radius 2 is 2.00 bits per heavy atom. The second-order valence-electron chi connectivity index (χ2n) is 3.43. The maximum absolute atomic E-state index is 12.1. The molecular formula is C11H14O5S. The number of hydrogen-bond acceptors (Lipinski definition) is 4. The van der Waals surface area contributed by atoms with Gasteiger partial charge in [0.15, 0.2) is 15.1 Å². The van der Waals surface area contributed by atoms with Crippen molar-refractivity contribution in [3.8, 4) is 5.75 Å². The molecule has 0 heterocycles. The van der Waals surface area contributed by atoms with E-state index in [1.54, 1.807) is 6.07 Å². The summed E-state index contributed by atoms with van der Waals surface area (Å²) >= 11 is 0. The van der Waals surface area contributed by atoms with Gasteiger partial charge in [0.2, 0.25) is 0 Å². The van der Waals surface area contributed by atoms with Crippen molar-refractivity contribution >= 4 is 15.8 Å². The molecule has 1 rings (SSSR count). The van der Waals surface area contributed by atoms with Crippen LogP contribution in [0.4, 0.5) is 0 Å². The Morgan fingerprint density at radius 1 is 1.41 bits per heavy atom. The highest BCUT2D eigenvalue weighted by atomic mass is 32.2.